The maximum Gasteiger partial charge on any atom is 0.145 e. The van der Waals surface area contributed by atoms with E-state index >= 15 is 0 Å². The Balaban J connectivity index is 1.87. The predicted molar refractivity (Wildman–Crippen MR) is 54.9 cm³/mol. The van der Waals surface area contributed by atoms with Gasteiger partial charge in [-0.05, 0) is 25.7 Å². The van der Waals surface area contributed by atoms with Gasteiger partial charge < -0.3 is 10.5 Å². The van der Waals surface area contributed by atoms with E-state index in [0.29, 0.717) is 11.7 Å². The summed E-state index contributed by atoms with van der Waals surface area (Å²) in [7, 11) is 0. The normalized spacial score (nSPS) is 21.6. The van der Waals surface area contributed by atoms with Crippen LogP contribution in [0.1, 0.15) is 18.5 Å². The van der Waals surface area contributed by atoms with Gasteiger partial charge in [-0.25, -0.2) is 0 Å². The van der Waals surface area contributed by atoms with Crippen LogP contribution in [-0.2, 0) is 11.3 Å². The number of nitrogens with two attached hydrogens (primary N) is 1. The van der Waals surface area contributed by atoms with Gasteiger partial charge in [0.25, 0.3) is 0 Å². The van der Waals surface area contributed by atoms with Crippen LogP contribution in [0.5, 0.6) is 0 Å². The van der Waals surface area contributed by atoms with Crippen molar-refractivity contribution in [2.24, 2.45) is 5.92 Å². The third-order valence-electron chi connectivity index (χ3n) is 2.77. The Morgan fingerprint density at radius 3 is 3.14 bits per heavy atom. The number of aromatic nitrogens is 2. The third kappa shape index (κ3) is 2.07. The number of rotatable bonds is 3. The molecule has 1 atom stereocenters. The molecule has 1 saturated heterocycles. The van der Waals surface area contributed by atoms with Crippen LogP contribution in [0.25, 0.3) is 0 Å². The van der Waals surface area contributed by atoms with E-state index in [1.54, 1.807) is 0 Å². The SMILES string of the molecule is Cc1cc(N)nn1CCC1CCOC1. The third-order valence-corrected chi connectivity index (χ3v) is 2.77. The first kappa shape index (κ1) is 9.52. The van der Waals surface area contributed by atoms with Crippen LogP contribution in [-0.4, -0.2) is 23.0 Å². The van der Waals surface area contributed by atoms with Crippen LogP contribution in [0.15, 0.2) is 6.07 Å². The number of hydrogen-bond donors (Lipinski definition) is 1. The fraction of sp³-hybridized carbons (Fsp3) is 0.700. The molecule has 1 fully saturated rings. The standard InChI is InChI=1S/C10H17N3O/c1-8-6-10(11)12-13(8)4-2-9-3-5-14-7-9/h6,9H,2-5,7H2,1H3,(H2,11,12). The van der Waals surface area contributed by atoms with Gasteiger partial charge in [0, 0.05) is 31.5 Å². The molecule has 0 radical (unpaired) electrons. The molecule has 2 heterocycles. The van der Waals surface area contributed by atoms with Gasteiger partial charge in [0.1, 0.15) is 5.82 Å². The summed E-state index contributed by atoms with van der Waals surface area (Å²) in [4.78, 5) is 0. The second kappa shape index (κ2) is 4.00. The van der Waals surface area contributed by atoms with Crippen molar-refractivity contribution >= 4 is 5.82 Å². The van der Waals surface area contributed by atoms with Crippen molar-refractivity contribution in [2.45, 2.75) is 26.3 Å². The highest BCUT2D eigenvalue weighted by atomic mass is 16.5. The van der Waals surface area contributed by atoms with Crippen molar-refractivity contribution in [3.05, 3.63) is 11.8 Å². The molecule has 2 rings (SSSR count). The molecule has 0 aliphatic carbocycles. The molecule has 2 N–H and O–H groups in total. The van der Waals surface area contributed by atoms with Crippen molar-refractivity contribution in [1.82, 2.24) is 9.78 Å². The number of hydrogen-bond acceptors (Lipinski definition) is 3. The second-order valence-electron chi connectivity index (χ2n) is 3.95. The summed E-state index contributed by atoms with van der Waals surface area (Å²) < 4.78 is 7.31. The van der Waals surface area contributed by atoms with E-state index in [-0.39, 0.29) is 0 Å². The molecule has 0 aromatic carbocycles. The lowest BCUT2D eigenvalue weighted by Crippen LogP contribution is -2.08. The summed E-state index contributed by atoms with van der Waals surface area (Å²) in [6.45, 7) is 4.83. The van der Waals surface area contributed by atoms with Gasteiger partial charge in [-0.2, -0.15) is 5.10 Å². The summed E-state index contributed by atoms with van der Waals surface area (Å²) in [6, 6.07) is 1.91. The van der Waals surface area contributed by atoms with Gasteiger partial charge in [-0.15, -0.1) is 0 Å². The van der Waals surface area contributed by atoms with E-state index in [1.165, 1.54) is 6.42 Å². The predicted octanol–water partition coefficient (Wildman–Crippen LogP) is 1.20. The van der Waals surface area contributed by atoms with E-state index < -0.39 is 0 Å². The number of anilines is 1. The van der Waals surface area contributed by atoms with Crippen LogP contribution in [0.4, 0.5) is 5.82 Å². The topological polar surface area (TPSA) is 53.1 Å². The fourth-order valence-electron chi connectivity index (χ4n) is 1.88. The van der Waals surface area contributed by atoms with Crippen LogP contribution >= 0.6 is 0 Å². The Bertz CT molecular complexity index is 302. The summed E-state index contributed by atoms with van der Waals surface area (Å²) in [5, 5.41) is 4.22. The highest BCUT2D eigenvalue weighted by molar-refractivity contribution is 5.28. The first-order valence-electron chi connectivity index (χ1n) is 5.13. The Labute approximate surface area is 84.0 Å². The monoisotopic (exact) mass is 195 g/mol. The van der Waals surface area contributed by atoms with Gasteiger partial charge in [-0.1, -0.05) is 0 Å². The molecule has 1 aliphatic rings. The molecule has 0 bridgehead atoms. The minimum absolute atomic E-state index is 0.616. The number of nitrogen functional groups attached to an aromatic ring is 1. The molecule has 1 aromatic heterocycles. The molecule has 0 amide bonds. The van der Waals surface area contributed by atoms with Gasteiger partial charge >= 0.3 is 0 Å². The Kier molecular flexibility index (Phi) is 2.72. The van der Waals surface area contributed by atoms with Gasteiger partial charge in [0.2, 0.25) is 0 Å². The molecule has 78 valence electrons. The van der Waals surface area contributed by atoms with Crippen molar-refractivity contribution in [3.8, 4) is 0 Å². The average Bonchev–Trinajstić information content (AvgIpc) is 2.72. The fourth-order valence-corrected chi connectivity index (χ4v) is 1.88. The van der Waals surface area contributed by atoms with E-state index in [4.69, 9.17) is 10.5 Å². The van der Waals surface area contributed by atoms with Crippen LogP contribution in [0.2, 0.25) is 0 Å². The largest absolute Gasteiger partial charge is 0.382 e. The summed E-state index contributed by atoms with van der Waals surface area (Å²) in [5.41, 5.74) is 6.75. The minimum atomic E-state index is 0.616. The van der Waals surface area contributed by atoms with E-state index in [9.17, 15) is 0 Å². The highest BCUT2D eigenvalue weighted by Crippen LogP contribution is 2.17. The molecule has 1 aromatic rings. The van der Waals surface area contributed by atoms with Gasteiger partial charge in [0.15, 0.2) is 0 Å². The quantitative estimate of drug-likeness (QED) is 0.788. The molecule has 1 unspecified atom stereocenters. The number of aryl methyl sites for hydroxylation is 2. The van der Waals surface area contributed by atoms with Gasteiger partial charge in [0.05, 0.1) is 0 Å². The number of nitrogens with zero attached hydrogens (tertiary/aromatic N) is 2. The molecule has 4 heteroatoms. The Morgan fingerprint density at radius 2 is 2.57 bits per heavy atom. The van der Waals surface area contributed by atoms with E-state index in [1.807, 2.05) is 17.7 Å². The van der Waals surface area contributed by atoms with Crippen LogP contribution in [0.3, 0.4) is 0 Å². The minimum Gasteiger partial charge on any atom is -0.382 e. The first-order chi connectivity index (χ1) is 6.75. The van der Waals surface area contributed by atoms with Gasteiger partial charge in [-0.3, -0.25) is 4.68 Å². The molecular formula is C10H17N3O. The maximum absolute atomic E-state index is 5.61. The Morgan fingerprint density at radius 1 is 1.71 bits per heavy atom. The van der Waals surface area contributed by atoms with Crippen LogP contribution in [0, 0.1) is 12.8 Å². The molecular weight excluding hydrogens is 178 g/mol. The zero-order valence-corrected chi connectivity index (χ0v) is 8.57. The Hall–Kier alpha value is -1.03. The molecule has 0 spiro atoms. The lowest BCUT2D eigenvalue weighted by molar-refractivity contribution is 0.183. The zero-order valence-electron chi connectivity index (χ0n) is 8.57. The maximum atomic E-state index is 5.61. The van der Waals surface area contributed by atoms with Crippen molar-refractivity contribution < 1.29 is 4.74 Å². The summed E-state index contributed by atoms with van der Waals surface area (Å²) in [6.07, 6.45) is 2.33. The molecule has 0 saturated carbocycles. The van der Waals surface area contributed by atoms with Crippen molar-refractivity contribution in [1.29, 1.82) is 0 Å². The highest BCUT2D eigenvalue weighted by Gasteiger charge is 2.15. The summed E-state index contributed by atoms with van der Waals surface area (Å²) >= 11 is 0. The molecule has 14 heavy (non-hydrogen) atoms. The van der Waals surface area contributed by atoms with E-state index in [2.05, 4.69) is 5.10 Å². The second-order valence-corrected chi connectivity index (χ2v) is 3.95. The zero-order chi connectivity index (χ0) is 9.97. The van der Waals surface area contributed by atoms with Crippen molar-refractivity contribution in [2.75, 3.05) is 18.9 Å². The van der Waals surface area contributed by atoms with Crippen molar-refractivity contribution in [3.63, 3.8) is 0 Å². The first-order valence-corrected chi connectivity index (χ1v) is 5.13. The lowest BCUT2D eigenvalue weighted by Gasteiger charge is -2.08. The molecule has 4 nitrogen and oxygen atoms in total. The number of ether oxygens (including phenoxy) is 1. The smallest absolute Gasteiger partial charge is 0.145 e. The van der Waals surface area contributed by atoms with Crippen LogP contribution < -0.4 is 5.73 Å². The lowest BCUT2D eigenvalue weighted by atomic mass is 10.1. The van der Waals surface area contributed by atoms with E-state index in [0.717, 1.165) is 31.9 Å². The molecule has 1 aliphatic heterocycles. The average molecular weight is 195 g/mol. The summed E-state index contributed by atoms with van der Waals surface area (Å²) in [5.74, 6) is 1.32.